The van der Waals surface area contributed by atoms with E-state index in [0.717, 1.165) is 24.2 Å². The third-order valence-corrected chi connectivity index (χ3v) is 3.40. The van der Waals surface area contributed by atoms with Gasteiger partial charge < -0.3 is 14.6 Å². The van der Waals surface area contributed by atoms with Crippen LogP contribution in [0.5, 0.6) is 5.75 Å². The zero-order chi connectivity index (χ0) is 15.2. The Morgan fingerprint density at radius 1 is 1.29 bits per heavy atom. The molecule has 0 fully saturated rings. The predicted molar refractivity (Wildman–Crippen MR) is 82.3 cm³/mol. The summed E-state index contributed by atoms with van der Waals surface area (Å²) in [5.41, 5.74) is 0.847. The molecule has 0 aliphatic carbocycles. The average molecular weight is 289 g/mol. The Bertz CT molecular complexity index is 566. The lowest BCUT2D eigenvalue weighted by molar-refractivity contribution is 0.345. The Morgan fingerprint density at radius 2 is 2.05 bits per heavy atom. The number of para-hydroxylation sites is 1. The van der Waals surface area contributed by atoms with Crippen LogP contribution in [0.25, 0.3) is 11.4 Å². The summed E-state index contributed by atoms with van der Waals surface area (Å²) in [6, 6.07) is 8.01. The smallest absolute Gasteiger partial charge is 0.228 e. The van der Waals surface area contributed by atoms with Crippen molar-refractivity contribution in [1.29, 1.82) is 0 Å². The summed E-state index contributed by atoms with van der Waals surface area (Å²) in [5, 5.41) is 7.37. The van der Waals surface area contributed by atoms with Crippen molar-refractivity contribution in [2.45, 2.75) is 32.7 Å². The van der Waals surface area contributed by atoms with E-state index in [1.807, 2.05) is 31.3 Å². The number of methoxy groups -OCH3 is 1. The first-order valence-corrected chi connectivity index (χ1v) is 7.27. The highest BCUT2D eigenvalue weighted by molar-refractivity contribution is 5.63. The molecular weight excluding hydrogens is 266 g/mol. The zero-order valence-electron chi connectivity index (χ0n) is 13.1. The van der Waals surface area contributed by atoms with Gasteiger partial charge in [0.1, 0.15) is 5.75 Å². The van der Waals surface area contributed by atoms with E-state index in [9.17, 15) is 0 Å². The van der Waals surface area contributed by atoms with Crippen molar-refractivity contribution in [2.75, 3.05) is 14.2 Å². The molecule has 0 spiro atoms. The second-order valence-electron chi connectivity index (χ2n) is 5.53. The van der Waals surface area contributed by atoms with Gasteiger partial charge in [-0.1, -0.05) is 31.1 Å². The Kier molecular flexibility index (Phi) is 5.33. The fourth-order valence-corrected chi connectivity index (χ4v) is 2.36. The fraction of sp³-hybridized carbons (Fsp3) is 0.500. The summed E-state index contributed by atoms with van der Waals surface area (Å²) in [4.78, 5) is 4.49. The molecule has 0 aliphatic rings. The van der Waals surface area contributed by atoms with Crippen molar-refractivity contribution in [2.24, 2.45) is 5.92 Å². The fourth-order valence-electron chi connectivity index (χ4n) is 2.36. The minimum Gasteiger partial charge on any atom is -0.496 e. The van der Waals surface area contributed by atoms with E-state index in [1.54, 1.807) is 7.11 Å². The van der Waals surface area contributed by atoms with Gasteiger partial charge >= 0.3 is 0 Å². The maximum atomic E-state index is 5.38. The molecule has 1 atom stereocenters. The molecule has 0 radical (unpaired) electrons. The highest BCUT2D eigenvalue weighted by Crippen LogP contribution is 2.27. The summed E-state index contributed by atoms with van der Waals surface area (Å²) in [6.45, 7) is 4.41. The number of aromatic nitrogens is 2. The summed E-state index contributed by atoms with van der Waals surface area (Å²) in [7, 11) is 3.60. The third-order valence-electron chi connectivity index (χ3n) is 3.40. The van der Waals surface area contributed by atoms with Crippen LogP contribution >= 0.6 is 0 Å². The van der Waals surface area contributed by atoms with Crippen LogP contribution in [0.4, 0.5) is 0 Å². The molecule has 21 heavy (non-hydrogen) atoms. The molecule has 1 unspecified atom stereocenters. The van der Waals surface area contributed by atoms with Crippen LogP contribution in [0.2, 0.25) is 0 Å². The number of benzene rings is 1. The number of rotatable bonds is 7. The van der Waals surface area contributed by atoms with Gasteiger partial charge in [-0.2, -0.15) is 4.98 Å². The minimum absolute atomic E-state index is 0.343. The van der Waals surface area contributed by atoms with Gasteiger partial charge in [-0.3, -0.25) is 0 Å². The van der Waals surface area contributed by atoms with E-state index in [-0.39, 0.29) is 0 Å². The second-order valence-corrected chi connectivity index (χ2v) is 5.53. The van der Waals surface area contributed by atoms with Crippen molar-refractivity contribution in [3.05, 3.63) is 30.2 Å². The molecule has 2 rings (SSSR count). The molecule has 0 bridgehead atoms. The Balaban J connectivity index is 2.14. The molecule has 0 aliphatic heterocycles. The maximum Gasteiger partial charge on any atom is 0.228 e. The Hall–Kier alpha value is -1.88. The molecular formula is C16H23N3O2. The summed E-state index contributed by atoms with van der Waals surface area (Å²) >= 11 is 0. The lowest BCUT2D eigenvalue weighted by Gasteiger charge is -2.15. The highest BCUT2D eigenvalue weighted by Gasteiger charge is 2.16. The van der Waals surface area contributed by atoms with Crippen molar-refractivity contribution < 1.29 is 9.26 Å². The Morgan fingerprint density at radius 3 is 2.71 bits per heavy atom. The highest BCUT2D eigenvalue weighted by atomic mass is 16.5. The standard InChI is InChI=1S/C16H23N3O2/c1-11(2)9-12(17-3)10-15-18-16(19-21-15)13-7-5-6-8-14(13)20-4/h5-8,11-12,17H,9-10H2,1-4H3. The molecule has 0 amide bonds. The molecule has 1 aromatic heterocycles. The third kappa shape index (κ3) is 4.04. The van der Waals surface area contributed by atoms with E-state index in [2.05, 4.69) is 29.3 Å². The number of hydrogen-bond donors (Lipinski definition) is 1. The molecule has 0 saturated heterocycles. The summed E-state index contributed by atoms with van der Waals surface area (Å²) in [5.74, 6) is 2.59. The van der Waals surface area contributed by atoms with Gasteiger partial charge in [-0.05, 0) is 31.5 Å². The van der Waals surface area contributed by atoms with E-state index in [4.69, 9.17) is 9.26 Å². The SMILES string of the molecule is CNC(Cc1nc(-c2ccccc2OC)no1)CC(C)C. The van der Waals surface area contributed by atoms with Crippen LogP contribution in [-0.4, -0.2) is 30.3 Å². The largest absolute Gasteiger partial charge is 0.496 e. The van der Waals surface area contributed by atoms with Crippen LogP contribution in [0.3, 0.4) is 0 Å². The molecule has 2 aromatic rings. The first-order chi connectivity index (χ1) is 10.1. The quantitative estimate of drug-likeness (QED) is 0.849. The molecule has 1 aromatic carbocycles. The zero-order valence-corrected chi connectivity index (χ0v) is 13.1. The summed E-state index contributed by atoms with van der Waals surface area (Å²) < 4.78 is 10.7. The molecule has 1 heterocycles. The topological polar surface area (TPSA) is 60.2 Å². The monoisotopic (exact) mass is 289 g/mol. The van der Waals surface area contributed by atoms with Crippen LogP contribution < -0.4 is 10.1 Å². The van der Waals surface area contributed by atoms with Gasteiger partial charge in [0.2, 0.25) is 11.7 Å². The van der Waals surface area contributed by atoms with Crippen LogP contribution in [0.1, 0.15) is 26.2 Å². The van der Waals surface area contributed by atoms with Crippen molar-refractivity contribution in [3.63, 3.8) is 0 Å². The number of ether oxygens (including phenoxy) is 1. The number of hydrogen-bond acceptors (Lipinski definition) is 5. The van der Waals surface area contributed by atoms with Crippen molar-refractivity contribution in [3.8, 4) is 17.1 Å². The van der Waals surface area contributed by atoms with Gasteiger partial charge in [0.25, 0.3) is 0 Å². The average Bonchev–Trinajstić information content (AvgIpc) is 2.94. The number of likely N-dealkylation sites (N-methyl/N-ethyl adjacent to an activating group) is 1. The molecule has 1 N–H and O–H groups in total. The normalized spacial score (nSPS) is 12.6. The summed E-state index contributed by atoms with van der Waals surface area (Å²) in [6.07, 6.45) is 1.81. The Labute approximate surface area is 125 Å². The first kappa shape index (κ1) is 15.5. The lowest BCUT2D eigenvalue weighted by atomic mass is 10.0. The van der Waals surface area contributed by atoms with Crippen molar-refractivity contribution in [1.82, 2.24) is 15.5 Å². The van der Waals surface area contributed by atoms with E-state index in [1.165, 1.54) is 0 Å². The minimum atomic E-state index is 0.343. The molecule has 0 saturated carbocycles. The predicted octanol–water partition coefficient (Wildman–Crippen LogP) is 2.92. The van der Waals surface area contributed by atoms with E-state index < -0.39 is 0 Å². The second kappa shape index (κ2) is 7.22. The molecule has 5 heteroatoms. The molecule has 5 nitrogen and oxygen atoms in total. The lowest BCUT2D eigenvalue weighted by Crippen LogP contribution is -2.29. The van der Waals surface area contributed by atoms with Crippen LogP contribution in [0, 0.1) is 5.92 Å². The number of nitrogens with zero attached hydrogens (tertiary/aromatic N) is 2. The van der Waals surface area contributed by atoms with E-state index in [0.29, 0.717) is 23.7 Å². The van der Waals surface area contributed by atoms with Gasteiger partial charge in [0, 0.05) is 12.5 Å². The van der Waals surface area contributed by atoms with Gasteiger partial charge in [0.15, 0.2) is 0 Å². The van der Waals surface area contributed by atoms with E-state index >= 15 is 0 Å². The number of nitrogens with one attached hydrogen (secondary N) is 1. The first-order valence-electron chi connectivity index (χ1n) is 7.27. The maximum absolute atomic E-state index is 5.38. The van der Waals surface area contributed by atoms with Crippen LogP contribution in [0.15, 0.2) is 28.8 Å². The van der Waals surface area contributed by atoms with Gasteiger partial charge in [-0.25, -0.2) is 0 Å². The van der Waals surface area contributed by atoms with Crippen molar-refractivity contribution >= 4 is 0 Å². The molecule has 114 valence electrons. The van der Waals surface area contributed by atoms with Crippen LogP contribution in [-0.2, 0) is 6.42 Å². The van der Waals surface area contributed by atoms with Gasteiger partial charge in [-0.15, -0.1) is 0 Å². The van der Waals surface area contributed by atoms with Gasteiger partial charge in [0.05, 0.1) is 12.7 Å².